The Balaban J connectivity index is 2.16. The molecule has 0 fully saturated rings. The highest BCUT2D eigenvalue weighted by atomic mass is 16.5. The Labute approximate surface area is 130 Å². The molecule has 0 N–H and O–H groups in total. The van der Waals surface area contributed by atoms with E-state index in [1.807, 2.05) is 53.7 Å². The van der Waals surface area contributed by atoms with Crippen LogP contribution in [0.1, 0.15) is 41.5 Å². The zero-order valence-corrected chi connectivity index (χ0v) is 13.9. The molecule has 0 amide bonds. The van der Waals surface area contributed by atoms with Gasteiger partial charge in [-0.05, 0) is 71.0 Å². The molecule has 0 radical (unpaired) electrons. The number of hydrogen-bond donors (Lipinski definition) is 0. The summed E-state index contributed by atoms with van der Waals surface area (Å²) in [6.07, 6.45) is 0. The number of carbonyl (C=O) groups is 1. The Morgan fingerprint density at radius 3 is 2.09 bits per heavy atom. The molecule has 0 unspecified atom stereocenters. The quantitative estimate of drug-likeness (QED) is 0.630. The van der Waals surface area contributed by atoms with Crippen molar-refractivity contribution in [1.82, 2.24) is 20.2 Å². The predicted molar refractivity (Wildman–Crippen MR) is 83.3 cm³/mol. The van der Waals surface area contributed by atoms with E-state index in [1.54, 1.807) is 16.9 Å². The fourth-order valence-corrected chi connectivity index (χ4v) is 1.55. The highest BCUT2D eigenvalue weighted by Gasteiger charge is 2.23. The predicted octanol–water partition coefficient (Wildman–Crippen LogP) is 3.05. The molecule has 0 saturated carbocycles. The zero-order chi connectivity index (χ0) is 16.5. The van der Waals surface area contributed by atoms with E-state index < -0.39 is 5.41 Å². The summed E-state index contributed by atoms with van der Waals surface area (Å²) in [5.41, 5.74) is 0.0781. The number of tetrazole rings is 1. The number of hydrogen-bond acceptors (Lipinski definition) is 5. The molecule has 1 aromatic heterocycles. The zero-order valence-electron chi connectivity index (χ0n) is 13.9. The summed E-state index contributed by atoms with van der Waals surface area (Å²) in [6, 6.07) is 7.10. The molecular weight excluding hydrogens is 280 g/mol. The third kappa shape index (κ3) is 3.69. The van der Waals surface area contributed by atoms with E-state index in [4.69, 9.17) is 4.74 Å². The van der Waals surface area contributed by atoms with Crippen LogP contribution in [0.2, 0.25) is 0 Å². The van der Waals surface area contributed by atoms with Gasteiger partial charge in [-0.2, -0.15) is 4.80 Å². The Hall–Kier alpha value is -2.24. The first-order valence-corrected chi connectivity index (χ1v) is 7.20. The van der Waals surface area contributed by atoms with Crippen molar-refractivity contribution in [1.29, 1.82) is 0 Å². The molecule has 1 aromatic carbocycles. The van der Waals surface area contributed by atoms with Gasteiger partial charge in [-0.3, -0.25) is 4.79 Å². The normalized spacial score (nSPS) is 12.3. The van der Waals surface area contributed by atoms with Crippen LogP contribution < -0.4 is 4.74 Å². The van der Waals surface area contributed by atoms with E-state index in [0.717, 1.165) is 5.56 Å². The second-order valence-electron chi connectivity index (χ2n) is 7.24. The fourth-order valence-electron chi connectivity index (χ4n) is 1.55. The number of aromatic nitrogens is 4. The van der Waals surface area contributed by atoms with Crippen LogP contribution in [-0.2, 0) is 10.3 Å². The van der Waals surface area contributed by atoms with Crippen LogP contribution in [-0.4, -0.2) is 26.2 Å². The van der Waals surface area contributed by atoms with Crippen LogP contribution in [0.25, 0.3) is 11.4 Å². The van der Waals surface area contributed by atoms with Crippen molar-refractivity contribution in [2.75, 3.05) is 0 Å². The van der Waals surface area contributed by atoms with Crippen LogP contribution in [0.4, 0.5) is 0 Å². The van der Waals surface area contributed by atoms with Crippen molar-refractivity contribution >= 4 is 5.97 Å². The molecule has 0 saturated heterocycles. The van der Waals surface area contributed by atoms with Crippen molar-refractivity contribution < 1.29 is 9.53 Å². The van der Waals surface area contributed by atoms with Gasteiger partial charge in [-0.15, -0.1) is 10.2 Å². The molecule has 2 aromatic rings. The van der Waals surface area contributed by atoms with E-state index in [1.165, 1.54) is 0 Å². The molecule has 2 rings (SSSR count). The monoisotopic (exact) mass is 302 g/mol. The number of rotatable bonds is 2. The number of carbonyl (C=O) groups excluding carboxylic acids is 1. The highest BCUT2D eigenvalue weighted by molar-refractivity contribution is 5.78. The topological polar surface area (TPSA) is 69.9 Å². The van der Waals surface area contributed by atoms with Crippen LogP contribution in [0, 0.1) is 5.41 Å². The lowest BCUT2D eigenvalue weighted by Crippen LogP contribution is -2.25. The van der Waals surface area contributed by atoms with Gasteiger partial charge in [0.1, 0.15) is 5.75 Å². The maximum Gasteiger partial charge on any atom is 0.316 e. The fraction of sp³-hybridized carbons (Fsp3) is 0.500. The van der Waals surface area contributed by atoms with Gasteiger partial charge >= 0.3 is 5.97 Å². The largest absolute Gasteiger partial charge is 0.426 e. The summed E-state index contributed by atoms with van der Waals surface area (Å²) in [4.78, 5) is 13.4. The summed E-state index contributed by atoms with van der Waals surface area (Å²) in [7, 11) is 0. The summed E-state index contributed by atoms with van der Waals surface area (Å²) in [6.45, 7) is 11.5. The lowest BCUT2D eigenvalue weighted by atomic mass is 9.97. The van der Waals surface area contributed by atoms with Gasteiger partial charge in [-0.1, -0.05) is 0 Å². The number of nitrogens with zero attached hydrogens (tertiary/aromatic N) is 4. The minimum atomic E-state index is -0.532. The van der Waals surface area contributed by atoms with Gasteiger partial charge in [0.05, 0.1) is 11.0 Å². The Kier molecular flexibility index (Phi) is 4.04. The van der Waals surface area contributed by atoms with Gasteiger partial charge < -0.3 is 4.74 Å². The molecule has 0 aliphatic carbocycles. The molecule has 0 aliphatic rings. The van der Waals surface area contributed by atoms with Crippen molar-refractivity contribution in [3.63, 3.8) is 0 Å². The first kappa shape index (κ1) is 16.1. The molecule has 0 bridgehead atoms. The number of esters is 1. The molecule has 118 valence electrons. The van der Waals surface area contributed by atoms with Crippen LogP contribution in [0.15, 0.2) is 24.3 Å². The number of ether oxygens (including phenoxy) is 1. The molecule has 6 nitrogen and oxygen atoms in total. The minimum absolute atomic E-state index is 0.215. The Morgan fingerprint density at radius 1 is 1.05 bits per heavy atom. The van der Waals surface area contributed by atoms with Crippen molar-refractivity contribution in [3.05, 3.63) is 24.3 Å². The van der Waals surface area contributed by atoms with Crippen molar-refractivity contribution in [3.8, 4) is 17.1 Å². The van der Waals surface area contributed by atoms with Crippen molar-refractivity contribution in [2.45, 2.75) is 47.1 Å². The van der Waals surface area contributed by atoms with Gasteiger partial charge in [0.2, 0.25) is 5.82 Å². The smallest absolute Gasteiger partial charge is 0.316 e. The molecule has 22 heavy (non-hydrogen) atoms. The van der Waals surface area contributed by atoms with Crippen molar-refractivity contribution in [2.24, 2.45) is 5.41 Å². The van der Waals surface area contributed by atoms with E-state index in [0.29, 0.717) is 11.6 Å². The van der Waals surface area contributed by atoms with E-state index in [-0.39, 0.29) is 11.5 Å². The Bertz CT molecular complexity index is 661. The Morgan fingerprint density at radius 2 is 1.64 bits per heavy atom. The molecular formula is C16H22N4O2. The summed E-state index contributed by atoms with van der Waals surface area (Å²) < 4.78 is 5.33. The van der Waals surface area contributed by atoms with Crippen LogP contribution in [0.5, 0.6) is 5.75 Å². The second-order valence-corrected chi connectivity index (χ2v) is 7.24. The van der Waals surface area contributed by atoms with Crippen LogP contribution in [0.3, 0.4) is 0 Å². The summed E-state index contributed by atoms with van der Waals surface area (Å²) >= 11 is 0. The van der Waals surface area contributed by atoms with Gasteiger partial charge in [0, 0.05) is 5.56 Å². The standard InChI is InChI=1S/C16H22N4O2/c1-15(2,3)14(21)22-12-9-7-11(8-10-12)13-17-19-20(18-13)16(4,5)6/h7-10H,1-6H3. The van der Waals surface area contributed by atoms with E-state index in [2.05, 4.69) is 15.4 Å². The van der Waals surface area contributed by atoms with E-state index >= 15 is 0 Å². The lowest BCUT2D eigenvalue weighted by molar-refractivity contribution is -0.142. The van der Waals surface area contributed by atoms with E-state index in [9.17, 15) is 4.79 Å². The summed E-state index contributed by atoms with van der Waals surface area (Å²) in [5, 5.41) is 12.5. The average molecular weight is 302 g/mol. The molecule has 0 spiro atoms. The SMILES string of the molecule is CC(C)(C)C(=O)Oc1ccc(-c2nnn(C(C)(C)C)n2)cc1. The lowest BCUT2D eigenvalue weighted by Gasteiger charge is -2.16. The van der Waals surface area contributed by atoms with Gasteiger partial charge in [0.25, 0.3) is 0 Å². The third-order valence-electron chi connectivity index (χ3n) is 2.95. The molecule has 6 heteroatoms. The minimum Gasteiger partial charge on any atom is -0.426 e. The maximum atomic E-state index is 11.8. The van der Waals surface area contributed by atoms with Gasteiger partial charge in [-0.25, -0.2) is 0 Å². The average Bonchev–Trinajstić information content (AvgIpc) is 2.88. The first-order chi connectivity index (χ1) is 10.1. The number of benzene rings is 1. The van der Waals surface area contributed by atoms with Crippen LogP contribution >= 0.6 is 0 Å². The molecule has 0 aliphatic heterocycles. The molecule has 0 atom stereocenters. The molecule has 1 heterocycles. The summed E-state index contributed by atoms with van der Waals surface area (Å²) in [5.74, 6) is 0.785. The second kappa shape index (κ2) is 5.51. The first-order valence-electron chi connectivity index (χ1n) is 7.20. The van der Waals surface area contributed by atoms with Gasteiger partial charge in [0.15, 0.2) is 0 Å². The highest BCUT2D eigenvalue weighted by Crippen LogP contribution is 2.23. The third-order valence-corrected chi connectivity index (χ3v) is 2.95. The maximum absolute atomic E-state index is 11.8.